The molecule has 0 saturated carbocycles. The van der Waals surface area contributed by atoms with Crippen LogP contribution in [0.3, 0.4) is 0 Å². The molecule has 0 bridgehead atoms. The maximum atomic E-state index is 11.0. The van der Waals surface area contributed by atoms with Crippen molar-refractivity contribution >= 4 is 36.5 Å². The number of hydrogen-bond acceptors (Lipinski definition) is 7. The van der Waals surface area contributed by atoms with Gasteiger partial charge in [0.1, 0.15) is 30.7 Å². The molecule has 2 aromatic heterocycles. The molecule has 1 aliphatic rings. The SMILES string of the molecule is C=CCC1C[C@@H](CO[P+](=O)S)O[C@H]1Cn1cnc2c(N)ncnc21. The van der Waals surface area contributed by atoms with Crippen LogP contribution in [0.15, 0.2) is 25.3 Å². The summed E-state index contributed by atoms with van der Waals surface area (Å²) in [5.41, 5.74) is 7.09. The van der Waals surface area contributed by atoms with E-state index in [9.17, 15) is 4.57 Å². The second kappa shape index (κ2) is 7.57. The summed E-state index contributed by atoms with van der Waals surface area (Å²) in [5, 5.41) is 0. The number of allylic oxidation sites excluding steroid dienone is 1. The van der Waals surface area contributed by atoms with Gasteiger partial charge in [-0.05, 0) is 23.3 Å². The number of hydrogen-bond donors (Lipinski definition) is 2. The van der Waals surface area contributed by atoms with E-state index in [0.717, 1.165) is 12.8 Å². The van der Waals surface area contributed by atoms with Crippen molar-refractivity contribution in [2.75, 3.05) is 12.3 Å². The van der Waals surface area contributed by atoms with Gasteiger partial charge in [-0.15, -0.1) is 11.1 Å². The lowest BCUT2D eigenvalue weighted by molar-refractivity contribution is 0.00528. The van der Waals surface area contributed by atoms with E-state index in [-0.39, 0.29) is 18.8 Å². The van der Waals surface area contributed by atoms with E-state index >= 15 is 0 Å². The number of nitrogens with zero attached hydrogens (tertiary/aromatic N) is 4. The first-order valence-electron chi connectivity index (χ1n) is 7.55. The third-order valence-electron chi connectivity index (χ3n) is 4.11. The molecule has 0 aromatic carbocycles. The molecule has 2 unspecified atom stereocenters. The van der Waals surface area contributed by atoms with Gasteiger partial charge in [-0.25, -0.2) is 15.0 Å². The lowest BCUT2D eigenvalue weighted by atomic mass is 9.95. The van der Waals surface area contributed by atoms with Crippen LogP contribution in [0.25, 0.3) is 11.2 Å². The van der Waals surface area contributed by atoms with E-state index in [1.54, 1.807) is 6.33 Å². The minimum absolute atomic E-state index is 0.0389. The fourth-order valence-corrected chi connectivity index (χ4v) is 3.53. The van der Waals surface area contributed by atoms with Gasteiger partial charge in [0.25, 0.3) is 0 Å². The van der Waals surface area contributed by atoms with Crippen LogP contribution in [-0.2, 0) is 20.4 Å². The summed E-state index contributed by atoms with van der Waals surface area (Å²) in [6, 6.07) is 0. The van der Waals surface area contributed by atoms with Gasteiger partial charge < -0.3 is 15.0 Å². The van der Waals surface area contributed by atoms with Gasteiger partial charge in [0.15, 0.2) is 11.5 Å². The van der Waals surface area contributed by atoms with Gasteiger partial charge >= 0.3 is 7.23 Å². The predicted octanol–water partition coefficient (Wildman–Crippen LogP) is 2.36. The number of fused-ring (bicyclic) bond motifs is 1. The Hall–Kier alpha value is -1.54. The molecule has 0 amide bonds. The molecular weight excluding hydrogens is 349 g/mol. The Morgan fingerprint density at radius 2 is 2.38 bits per heavy atom. The van der Waals surface area contributed by atoms with Crippen LogP contribution in [0.2, 0.25) is 0 Å². The zero-order chi connectivity index (χ0) is 17.1. The molecule has 0 radical (unpaired) electrons. The van der Waals surface area contributed by atoms with E-state index in [1.807, 2.05) is 10.6 Å². The van der Waals surface area contributed by atoms with Gasteiger partial charge in [-0.3, -0.25) is 0 Å². The number of ether oxygens (including phenoxy) is 1. The number of nitrogen functional groups attached to an aromatic ring is 1. The van der Waals surface area contributed by atoms with Crippen molar-refractivity contribution < 1.29 is 13.8 Å². The van der Waals surface area contributed by atoms with Gasteiger partial charge in [0.05, 0.1) is 25.1 Å². The molecule has 3 rings (SSSR count). The van der Waals surface area contributed by atoms with Crippen LogP contribution in [-0.4, -0.2) is 38.3 Å². The fraction of sp³-hybridized carbons (Fsp3) is 0.500. The first-order chi connectivity index (χ1) is 11.6. The molecule has 0 spiro atoms. The topological polar surface area (TPSA) is 105 Å². The molecule has 1 saturated heterocycles. The highest BCUT2D eigenvalue weighted by molar-refractivity contribution is 8.39. The highest BCUT2D eigenvalue weighted by atomic mass is 32.7. The zero-order valence-corrected chi connectivity index (χ0v) is 14.8. The van der Waals surface area contributed by atoms with Crippen molar-refractivity contribution in [2.45, 2.75) is 31.6 Å². The monoisotopic (exact) mass is 368 g/mol. The molecule has 2 aromatic rings. The summed E-state index contributed by atoms with van der Waals surface area (Å²) in [4.78, 5) is 12.5. The van der Waals surface area contributed by atoms with E-state index in [4.69, 9.17) is 15.0 Å². The second-order valence-corrected chi connectivity index (χ2v) is 7.39. The van der Waals surface area contributed by atoms with E-state index in [2.05, 4.69) is 33.8 Å². The molecule has 8 nitrogen and oxygen atoms in total. The van der Waals surface area contributed by atoms with Gasteiger partial charge in [0.2, 0.25) is 0 Å². The van der Waals surface area contributed by atoms with Crippen molar-refractivity contribution in [3.05, 3.63) is 25.3 Å². The van der Waals surface area contributed by atoms with Crippen molar-refractivity contribution in [2.24, 2.45) is 5.92 Å². The van der Waals surface area contributed by atoms with Crippen molar-refractivity contribution in [1.82, 2.24) is 19.5 Å². The van der Waals surface area contributed by atoms with Gasteiger partial charge in [-0.1, -0.05) is 6.08 Å². The largest absolute Gasteiger partial charge is 0.582 e. The molecule has 2 N–H and O–H groups in total. The highest BCUT2D eigenvalue weighted by Gasteiger charge is 2.36. The highest BCUT2D eigenvalue weighted by Crippen LogP contribution is 2.34. The summed E-state index contributed by atoms with van der Waals surface area (Å²) in [6.07, 6.45) is 6.50. The summed E-state index contributed by atoms with van der Waals surface area (Å²) in [5.74, 6) is 0.656. The molecular formula is C14H19N5O3PS+. The summed E-state index contributed by atoms with van der Waals surface area (Å²) >= 11 is 3.76. The van der Waals surface area contributed by atoms with Gasteiger partial charge in [-0.2, -0.15) is 0 Å². The van der Waals surface area contributed by atoms with Crippen LogP contribution in [0.5, 0.6) is 0 Å². The molecule has 128 valence electrons. The number of nitrogens with two attached hydrogens (primary N) is 1. The number of aromatic nitrogens is 4. The number of imidazole rings is 1. The Bertz CT molecular complexity index is 755. The molecule has 0 aliphatic carbocycles. The van der Waals surface area contributed by atoms with Crippen LogP contribution in [0.1, 0.15) is 12.8 Å². The van der Waals surface area contributed by atoms with E-state index < -0.39 is 7.23 Å². The average molecular weight is 368 g/mol. The third kappa shape index (κ3) is 3.75. The minimum Gasteiger partial charge on any atom is -0.382 e. The van der Waals surface area contributed by atoms with E-state index in [0.29, 0.717) is 29.4 Å². The van der Waals surface area contributed by atoms with Gasteiger partial charge in [0, 0.05) is 0 Å². The zero-order valence-electron chi connectivity index (χ0n) is 13.0. The molecule has 1 fully saturated rings. The van der Waals surface area contributed by atoms with Crippen molar-refractivity contribution in [1.29, 1.82) is 0 Å². The van der Waals surface area contributed by atoms with E-state index in [1.165, 1.54) is 6.33 Å². The first kappa shape index (κ1) is 17.3. The van der Waals surface area contributed by atoms with Crippen molar-refractivity contribution in [3.8, 4) is 0 Å². The maximum Gasteiger partial charge on any atom is 0.582 e. The number of rotatable bonds is 7. The van der Waals surface area contributed by atoms with Crippen LogP contribution in [0.4, 0.5) is 5.82 Å². The Morgan fingerprint density at radius 3 is 3.12 bits per heavy atom. The lowest BCUT2D eigenvalue weighted by Crippen LogP contribution is -2.23. The fourth-order valence-electron chi connectivity index (χ4n) is 3.04. The van der Waals surface area contributed by atoms with Crippen LogP contribution < -0.4 is 5.73 Å². The minimum atomic E-state index is -1.92. The Labute approximate surface area is 145 Å². The Kier molecular flexibility index (Phi) is 5.45. The number of anilines is 1. The predicted molar refractivity (Wildman–Crippen MR) is 93.9 cm³/mol. The standard InChI is InChI=1S/C14H18N5O3PS/c1-2-3-9-4-10(6-21-23(20)24)22-11(9)5-19-8-18-12-13(15)16-7-17-14(12)19/h2,7-11H,1,3-6H2,(H2-,15,16,17,20,24)/p+1/t9?,10-,11-/m0/s1. The van der Waals surface area contributed by atoms with Crippen LogP contribution >= 0.6 is 19.5 Å². The Morgan fingerprint density at radius 1 is 1.54 bits per heavy atom. The maximum absolute atomic E-state index is 11.0. The molecule has 1 aliphatic heterocycles. The van der Waals surface area contributed by atoms with Crippen LogP contribution in [0, 0.1) is 5.92 Å². The molecule has 4 atom stereocenters. The first-order valence-corrected chi connectivity index (χ1v) is 9.88. The summed E-state index contributed by atoms with van der Waals surface area (Å²) < 4.78 is 24.1. The average Bonchev–Trinajstić information content (AvgIpc) is 3.12. The third-order valence-corrected chi connectivity index (χ3v) is 4.82. The molecule has 3 heterocycles. The van der Waals surface area contributed by atoms with Crippen molar-refractivity contribution in [3.63, 3.8) is 0 Å². The molecule has 24 heavy (non-hydrogen) atoms. The lowest BCUT2D eigenvalue weighted by Gasteiger charge is -2.18. The summed E-state index contributed by atoms with van der Waals surface area (Å²) in [7, 11) is -1.92. The Balaban J connectivity index is 1.74. The second-order valence-electron chi connectivity index (χ2n) is 5.68. The summed E-state index contributed by atoms with van der Waals surface area (Å²) in [6.45, 7) is 4.67. The quantitative estimate of drug-likeness (QED) is 0.439. The smallest absolute Gasteiger partial charge is 0.382 e. The molecule has 10 heteroatoms. The number of thiol groups is 1. The normalized spacial score (nSPS) is 24.4.